The van der Waals surface area contributed by atoms with Gasteiger partial charge in [0.2, 0.25) is 5.91 Å². The molecule has 0 aliphatic carbocycles. The number of carbonyl (C=O) groups is 1. The SMILES string of the molecule is CCCCN(CCCC)C(=O)CCCOc1ccc(OC)cc1. The van der Waals surface area contributed by atoms with Crippen LogP contribution in [0.4, 0.5) is 0 Å². The van der Waals surface area contributed by atoms with E-state index in [4.69, 9.17) is 9.47 Å². The molecule has 4 heteroatoms. The van der Waals surface area contributed by atoms with Crippen molar-refractivity contribution in [2.45, 2.75) is 52.4 Å². The molecule has 4 nitrogen and oxygen atoms in total. The topological polar surface area (TPSA) is 38.8 Å². The van der Waals surface area contributed by atoms with Gasteiger partial charge in [0.05, 0.1) is 13.7 Å². The highest BCUT2D eigenvalue weighted by molar-refractivity contribution is 5.76. The first-order valence-electron chi connectivity index (χ1n) is 8.75. The molecular formula is C19H31NO3. The quantitative estimate of drug-likeness (QED) is 0.539. The molecule has 0 aliphatic heterocycles. The number of hydrogen-bond acceptors (Lipinski definition) is 3. The Morgan fingerprint density at radius 3 is 2.04 bits per heavy atom. The van der Waals surface area contributed by atoms with Crippen LogP contribution < -0.4 is 9.47 Å². The van der Waals surface area contributed by atoms with E-state index in [1.54, 1.807) is 7.11 Å². The summed E-state index contributed by atoms with van der Waals surface area (Å²) >= 11 is 0. The Bertz CT molecular complexity index is 423. The van der Waals surface area contributed by atoms with Gasteiger partial charge in [0.25, 0.3) is 0 Å². The van der Waals surface area contributed by atoms with Crippen LogP contribution in [-0.4, -0.2) is 37.6 Å². The normalized spacial score (nSPS) is 10.4. The highest BCUT2D eigenvalue weighted by Gasteiger charge is 2.12. The highest BCUT2D eigenvalue weighted by Crippen LogP contribution is 2.17. The monoisotopic (exact) mass is 321 g/mol. The van der Waals surface area contributed by atoms with Gasteiger partial charge in [0.1, 0.15) is 11.5 Å². The van der Waals surface area contributed by atoms with E-state index >= 15 is 0 Å². The van der Waals surface area contributed by atoms with E-state index in [9.17, 15) is 4.79 Å². The summed E-state index contributed by atoms with van der Waals surface area (Å²) in [7, 11) is 1.64. The van der Waals surface area contributed by atoms with Crippen molar-refractivity contribution in [1.29, 1.82) is 0 Å². The molecule has 1 aromatic rings. The molecule has 23 heavy (non-hydrogen) atoms. The molecule has 1 rings (SSSR count). The number of methoxy groups -OCH3 is 1. The largest absolute Gasteiger partial charge is 0.497 e. The van der Waals surface area contributed by atoms with Crippen molar-refractivity contribution in [3.8, 4) is 11.5 Å². The fraction of sp³-hybridized carbons (Fsp3) is 0.632. The first-order valence-corrected chi connectivity index (χ1v) is 8.75. The number of carbonyl (C=O) groups excluding carboxylic acids is 1. The third kappa shape index (κ3) is 7.91. The average Bonchev–Trinajstić information content (AvgIpc) is 2.59. The minimum Gasteiger partial charge on any atom is -0.497 e. The Kier molecular flexibility index (Phi) is 9.92. The van der Waals surface area contributed by atoms with E-state index < -0.39 is 0 Å². The summed E-state index contributed by atoms with van der Waals surface area (Å²) in [6.45, 7) is 6.65. The van der Waals surface area contributed by atoms with Crippen LogP contribution >= 0.6 is 0 Å². The van der Waals surface area contributed by atoms with Crippen molar-refractivity contribution >= 4 is 5.91 Å². The van der Waals surface area contributed by atoms with E-state index in [1.807, 2.05) is 29.2 Å². The summed E-state index contributed by atoms with van der Waals surface area (Å²) in [4.78, 5) is 14.3. The fourth-order valence-electron chi connectivity index (χ4n) is 2.30. The van der Waals surface area contributed by atoms with Gasteiger partial charge in [0, 0.05) is 19.5 Å². The van der Waals surface area contributed by atoms with Crippen LogP contribution in [0.5, 0.6) is 11.5 Å². The minimum absolute atomic E-state index is 0.255. The van der Waals surface area contributed by atoms with Gasteiger partial charge in [-0.15, -0.1) is 0 Å². The van der Waals surface area contributed by atoms with Crippen molar-refractivity contribution in [2.24, 2.45) is 0 Å². The number of amides is 1. The molecule has 0 spiro atoms. The molecule has 0 fully saturated rings. The van der Waals surface area contributed by atoms with Crippen LogP contribution in [0.1, 0.15) is 52.4 Å². The van der Waals surface area contributed by atoms with E-state index in [2.05, 4.69) is 13.8 Å². The Hall–Kier alpha value is -1.71. The van der Waals surface area contributed by atoms with Gasteiger partial charge in [-0.25, -0.2) is 0 Å². The van der Waals surface area contributed by atoms with Gasteiger partial charge in [-0.1, -0.05) is 26.7 Å². The summed E-state index contributed by atoms with van der Waals surface area (Å²) in [5.41, 5.74) is 0. The molecule has 0 saturated carbocycles. The van der Waals surface area contributed by atoms with Crippen molar-refractivity contribution < 1.29 is 14.3 Å². The number of ether oxygens (including phenoxy) is 2. The molecule has 0 N–H and O–H groups in total. The maximum absolute atomic E-state index is 12.3. The second kappa shape index (κ2) is 11.8. The standard InChI is InChI=1S/C19H31NO3/c1-4-6-14-20(15-7-5-2)19(21)9-8-16-23-18-12-10-17(22-3)11-13-18/h10-13H,4-9,14-16H2,1-3H3. The Balaban J connectivity index is 2.29. The molecule has 130 valence electrons. The average molecular weight is 321 g/mol. The van der Waals surface area contributed by atoms with Crippen LogP contribution in [-0.2, 0) is 4.79 Å². The number of hydrogen-bond donors (Lipinski definition) is 0. The zero-order chi connectivity index (χ0) is 16.9. The van der Waals surface area contributed by atoms with Crippen molar-refractivity contribution in [1.82, 2.24) is 4.90 Å². The lowest BCUT2D eigenvalue weighted by atomic mass is 10.2. The predicted octanol–water partition coefficient (Wildman–Crippen LogP) is 4.28. The minimum atomic E-state index is 0.255. The van der Waals surface area contributed by atoms with Gasteiger partial charge in [-0.05, 0) is 43.5 Å². The van der Waals surface area contributed by atoms with Crippen LogP contribution in [0.15, 0.2) is 24.3 Å². The number of benzene rings is 1. The van der Waals surface area contributed by atoms with Crippen molar-refractivity contribution in [2.75, 3.05) is 26.8 Å². The molecule has 0 bridgehead atoms. The number of rotatable bonds is 12. The molecule has 1 aromatic carbocycles. The lowest BCUT2D eigenvalue weighted by molar-refractivity contribution is -0.131. The molecule has 1 amide bonds. The van der Waals surface area contributed by atoms with Crippen LogP contribution in [0, 0.1) is 0 Å². The van der Waals surface area contributed by atoms with Crippen molar-refractivity contribution in [3.63, 3.8) is 0 Å². The van der Waals surface area contributed by atoms with Gasteiger partial charge in [-0.3, -0.25) is 4.79 Å². The lowest BCUT2D eigenvalue weighted by Crippen LogP contribution is -2.33. The second-order valence-corrected chi connectivity index (χ2v) is 5.72. The van der Waals surface area contributed by atoms with Gasteiger partial charge < -0.3 is 14.4 Å². The van der Waals surface area contributed by atoms with E-state index in [0.717, 1.165) is 56.7 Å². The van der Waals surface area contributed by atoms with Gasteiger partial charge in [-0.2, -0.15) is 0 Å². The van der Waals surface area contributed by atoms with Gasteiger partial charge >= 0.3 is 0 Å². The second-order valence-electron chi connectivity index (χ2n) is 5.72. The zero-order valence-electron chi connectivity index (χ0n) is 14.8. The van der Waals surface area contributed by atoms with Crippen molar-refractivity contribution in [3.05, 3.63) is 24.3 Å². The Morgan fingerprint density at radius 1 is 0.957 bits per heavy atom. The third-order valence-electron chi connectivity index (χ3n) is 3.78. The summed E-state index contributed by atoms with van der Waals surface area (Å²) in [6.07, 6.45) is 5.71. The lowest BCUT2D eigenvalue weighted by Gasteiger charge is -2.22. The van der Waals surface area contributed by atoms with Gasteiger partial charge in [0.15, 0.2) is 0 Å². The maximum atomic E-state index is 12.3. The molecule has 0 aromatic heterocycles. The Labute approximate surface area is 140 Å². The van der Waals surface area contributed by atoms with Crippen LogP contribution in [0.2, 0.25) is 0 Å². The van der Waals surface area contributed by atoms with E-state index in [-0.39, 0.29) is 5.91 Å². The smallest absolute Gasteiger partial charge is 0.222 e. The summed E-state index contributed by atoms with van der Waals surface area (Å²) in [6, 6.07) is 7.51. The van der Waals surface area contributed by atoms with E-state index in [1.165, 1.54) is 0 Å². The summed E-state index contributed by atoms with van der Waals surface area (Å²) < 4.78 is 10.8. The Morgan fingerprint density at radius 2 is 1.52 bits per heavy atom. The molecule has 0 saturated heterocycles. The molecular weight excluding hydrogens is 290 g/mol. The van der Waals surface area contributed by atoms with E-state index in [0.29, 0.717) is 13.0 Å². The third-order valence-corrected chi connectivity index (χ3v) is 3.78. The fourth-order valence-corrected chi connectivity index (χ4v) is 2.30. The molecule has 0 heterocycles. The van der Waals surface area contributed by atoms with Crippen LogP contribution in [0.3, 0.4) is 0 Å². The first-order chi connectivity index (χ1) is 11.2. The summed E-state index contributed by atoms with van der Waals surface area (Å²) in [5, 5.41) is 0. The maximum Gasteiger partial charge on any atom is 0.222 e. The summed E-state index contributed by atoms with van der Waals surface area (Å²) in [5.74, 6) is 1.88. The molecule has 0 radical (unpaired) electrons. The molecule has 0 atom stereocenters. The number of unbranched alkanes of at least 4 members (excludes halogenated alkanes) is 2. The predicted molar refractivity (Wildman–Crippen MR) is 94.1 cm³/mol. The number of nitrogens with zero attached hydrogens (tertiary/aromatic N) is 1. The first kappa shape index (κ1) is 19.3. The zero-order valence-corrected chi connectivity index (χ0v) is 14.8. The molecule has 0 aliphatic rings. The highest BCUT2D eigenvalue weighted by atomic mass is 16.5. The van der Waals surface area contributed by atoms with Crippen LogP contribution in [0.25, 0.3) is 0 Å². The molecule has 0 unspecified atom stereocenters.